The quantitative estimate of drug-likeness (QED) is 0.784. The predicted octanol–water partition coefficient (Wildman–Crippen LogP) is 3.08. The maximum atomic E-state index is 11.8. The summed E-state index contributed by atoms with van der Waals surface area (Å²) >= 11 is 0. The van der Waals surface area contributed by atoms with Crippen molar-refractivity contribution in [1.29, 1.82) is 0 Å². The number of aromatic carboxylic acids is 1. The first-order chi connectivity index (χ1) is 10.1. The molecule has 21 heavy (non-hydrogen) atoms. The van der Waals surface area contributed by atoms with Gasteiger partial charge in [0, 0.05) is 24.7 Å². The van der Waals surface area contributed by atoms with Gasteiger partial charge >= 0.3 is 5.97 Å². The van der Waals surface area contributed by atoms with Gasteiger partial charge < -0.3 is 14.7 Å². The van der Waals surface area contributed by atoms with Crippen molar-refractivity contribution in [2.24, 2.45) is 0 Å². The van der Waals surface area contributed by atoms with E-state index in [2.05, 4.69) is 6.92 Å². The summed E-state index contributed by atoms with van der Waals surface area (Å²) in [5.74, 6) is -0.461. The molecule has 0 radical (unpaired) electrons. The van der Waals surface area contributed by atoms with Gasteiger partial charge in [-0.2, -0.15) is 0 Å². The topological polar surface area (TPSA) is 66.8 Å². The van der Waals surface area contributed by atoms with E-state index >= 15 is 0 Å². The van der Waals surface area contributed by atoms with E-state index in [1.54, 1.807) is 11.0 Å². The minimum atomic E-state index is -1.01. The molecule has 1 aromatic rings. The van der Waals surface area contributed by atoms with E-state index in [1.807, 2.05) is 0 Å². The summed E-state index contributed by atoms with van der Waals surface area (Å²) in [6, 6.07) is 4.80. The number of rotatable bonds is 7. The highest BCUT2D eigenvalue weighted by molar-refractivity contribution is 5.97. The Bertz CT molecular complexity index is 527. The lowest BCUT2D eigenvalue weighted by molar-refractivity contribution is -0.117. The van der Waals surface area contributed by atoms with Crippen LogP contribution in [0, 0.1) is 0 Å². The van der Waals surface area contributed by atoms with Gasteiger partial charge in [0.25, 0.3) is 0 Å². The van der Waals surface area contributed by atoms with Crippen LogP contribution in [0.4, 0.5) is 5.69 Å². The number of nitrogens with zero attached hydrogens (tertiary/aromatic N) is 1. The SMILES string of the molecule is CCCCCOc1cc(C(=O)O)cc(N2CCCC2=O)c1. The molecule has 1 aliphatic rings. The van der Waals surface area contributed by atoms with Gasteiger partial charge in [0.1, 0.15) is 5.75 Å². The first kappa shape index (κ1) is 15.4. The Morgan fingerprint density at radius 1 is 1.33 bits per heavy atom. The second-order valence-electron chi connectivity index (χ2n) is 5.23. The molecule has 1 heterocycles. The summed E-state index contributed by atoms with van der Waals surface area (Å²) in [6.07, 6.45) is 4.45. The van der Waals surface area contributed by atoms with Gasteiger partial charge in [-0.1, -0.05) is 19.8 Å². The van der Waals surface area contributed by atoms with Crippen LogP contribution < -0.4 is 9.64 Å². The van der Waals surface area contributed by atoms with Crippen molar-refractivity contribution in [2.75, 3.05) is 18.1 Å². The fourth-order valence-corrected chi connectivity index (χ4v) is 2.41. The third-order valence-corrected chi connectivity index (χ3v) is 3.54. The van der Waals surface area contributed by atoms with Crippen LogP contribution in [0.3, 0.4) is 0 Å². The zero-order valence-corrected chi connectivity index (χ0v) is 12.3. The van der Waals surface area contributed by atoms with Crippen molar-refractivity contribution < 1.29 is 19.4 Å². The second-order valence-corrected chi connectivity index (χ2v) is 5.23. The van der Waals surface area contributed by atoms with E-state index in [1.165, 1.54) is 12.1 Å². The number of benzene rings is 1. The molecule has 1 aromatic carbocycles. The average molecular weight is 291 g/mol. The van der Waals surface area contributed by atoms with Crippen LogP contribution in [0.2, 0.25) is 0 Å². The number of hydrogen-bond acceptors (Lipinski definition) is 3. The zero-order valence-electron chi connectivity index (χ0n) is 12.3. The first-order valence-electron chi connectivity index (χ1n) is 7.43. The van der Waals surface area contributed by atoms with Gasteiger partial charge in [-0.3, -0.25) is 4.79 Å². The van der Waals surface area contributed by atoms with Crippen LogP contribution >= 0.6 is 0 Å². The van der Waals surface area contributed by atoms with Crippen molar-refractivity contribution in [2.45, 2.75) is 39.0 Å². The van der Waals surface area contributed by atoms with Crippen molar-refractivity contribution in [3.8, 4) is 5.75 Å². The molecular formula is C16H21NO4. The molecule has 0 bridgehead atoms. The van der Waals surface area contributed by atoms with E-state index in [0.29, 0.717) is 31.0 Å². The first-order valence-corrected chi connectivity index (χ1v) is 7.43. The summed E-state index contributed by atoms with van der Waals surface area (Å²) in [5.41, 5.74) is 0.764. The van der Waals surface area contributed by atoms with Crippen LogP contribution in [0.25, 0.3) is 0 Å². The number of carbonyl (C=O) groups is 2. The Balaban J connectivity index is 2.17. The number of anilines is 1. The Kier molecular flexibility index (Phi) is 5.20. The molecule has 0 atom stereocenters. The third kappa shape index (κ3) is 3.97. The summed E-state index contributed by atoms with van der Waals surface area (Å²) in [4.78, 5) is 24.7. The average Bonchev–Trinajstić information content (AvgIpc) is 2.89. The number of carbonyl (C=O) groups excluding carboxylic acids is 1. The van der Waals surface area contributed by atoms with Crippen LogP contribution in [-0.4, -0.2) is 30.1 Å². The van der Waals surface area contributed by atoms with Gasteiger partial charge in [0.2, 0.25) is 5.91 Å². The van der Waals surface area contributed by atoms with Crippen LogP contribution in [0.1, 0.15) is 49.4 Å². The maximum absolute atomic E-state index is 11.8. The smallest absolute Gasteiger partial charge is 0.335 e. The normalized spacial score (nSPS) is 14.5. The van der Waals surface area contributed by atoms with Gasteiger partial charge in [-0.05, 0) is 25.0 Å². The zero-order chi connectivity index (χ0) is 15.2. The van der Waals surface area contributed by atoms with E-state index in [-0.39, 0.29) is 11.5 Å². The lowest BCUT2D eigenvalue weighted by atomic mass is 10.1. The Morgan fingerprint density at radius 2 is 2.14 bits per heavy atom. The Morgan fingerprint density at radius 3 is 2.76 bits per heavy atom. The van der Waals surface area contributed by atoms with Crippen molar-refractivity contribution >= 4 is 17.6 Å². The molecule has 5 heteroatoms. The van der Waals surface area contributed by atoms with Gasteiger partial charge in [0.05, 0.1) is 12.2 Å². The van der Waals surface area contributed by atoms with E-state index in [0.717, 1.165) is 25.7 Å². The summed E-state index contributed by atoms with van der Waals surface area (Å²) in [7, 11) is 0. The standard InChI is InChI=1S/C16H21NO4/c1-2-3-4-8-21-14-10-12(16(19)20)9-13(11-14)17-7-5-6-15(17)18/h9-11H,2-8H2,1H3,(H,19,20). The van der Waals surface area contributed by atoms with E-state index < -0.39 is 5.97 Å². The Hall–Kier alpha value is -2.04. The minimum Gasteiger partial charge on any atom is -0.493 e. The molecule has 114 valence electrons. The number of amides is 1. The van der Waals surface area contributed by atoms with Gasteiger partial charge in [-0.25, -0.2) is 4.79 Å². The molecule has 1 saturated heterocycles. The Labute approximate surface area is 124 Å². The van der Waals surface area contributed by atoms with Crippen molar-refractivity contribution in [1.82, 2.24) is 0 Å². The fraction of sp³-hybridized carbons (Fsp3) is 0.500. The molecule has 0 aromatic heterocycles. The van der Waals surface area contributed by atoms with Crippen molar-refractivity contribution in [3.63, 3.8) is 0 Å². The highest BCUT2D eigenvalue weighted by atomic mass is 16.5. The summed E-state index contributed by atoms with van der Waals surface area (Å²) in [6.45, 7) is 3.31. The molecule has 1 aliphatic heterocycles. The molecule has 0 saturated carbocycles. The summed E-state index contributed by atoms with van der Waals surface area (Å²) < 4.78 is 5.63. The number of carboxylic acid groups (broad SMARTS) is 1. The molecule has 0 aliphatic carbocycles. The number of unbranched alkanes of at least 4 members (excludes halogenated alkanes) is 2. The minimum absolute atomic E-state index is 0.0365. The van der Waals surface area contributed by atoms with E-state index in [9.17, 15) is 14.7 Å². The lowest BCUT2D eigenvalue weighted by Crippen LogP contribution is -2.24. The van der Waals surface area contributed by atoms with Crippen LogP contribution in [-0.2, 0) is 4.79 Å². The number of hydrogen-bond donors (Lipinski definition) is 1. The fourth-order valence-electron chi connectivity index (χ4n) is 2.41. The lowest BCUT2D eigenvalue weighted by Gasteiger charge is -2.18. The molecule has 0 spiro atoms. The van der Waals surface area contributed by atoms with Crippen LogP contribution in [0.15, 0.2) is 18.2 Å². The molecule has 2 rings (SSSR count). The molecule has 1 amide bonds. The number of ether oxygens (including phenoxy) is 1. The van der Waals surface area contributed by atoms with Crippen molar-refractivity contribution in [3.05, 3.63) is 23.8 Å². The predicted molar refractivity (Wildman–Crippen MR) is 80.0 cm³/mol. The van der Waals surface area contributed by atoms with E-state index in [4.69, 9.17) is 4.74 Å². The van der Waals surface area contributed by atoms with Gasteiger partial charge in [-0.15, -0.1) is 0 Å². The molecule has 1 N–H and O–H groups in total. The number of carboxylic acids is 1. The largest absolute Gasteiger partial charge is 0.493 e. The molecule has 5 nitrogen and oxygen atoms in total. The molecule has 0 unspecified atom stereocenters. The maximum Gasteiger partial charge on any atom is 0.335 e. The van der Waals surface area contributed by atoms with Gasteiger partial charge in [0.15, 0.2) is 0 Å². The molecular weight excluding hydrogens is 270 g/mol. The monoisotopic (exact) mass is 291 g/mol. The summed E-state index contributed by atoms with van der Waals surface area (Å²) in [5, 5.41) is 9.19. The highest BCUT2D eigenvalue weighted by Crippen LogP contribution is 2.28. The second kappa shape index (κ2) is 7.11. The molecule has 1 fully saturated rings. The highest BCUT2D eigenvalue weighted by Gasteiger charge is 2.23. The third-order valence-electron chi connectivity index (χ3n) is 3.54. The van der Waals surface area contributed by atoms with Crippen LogP contribution in [0.5, 0.6) is 5.75 Å².